The number of hydrogen-bond donors (Lipinski definition) is 2. The topological polar surface area (TPSA) is 114 Å². The van der Waals surface area contributed by atoms with Crippen LogP contribution < -0.4 is 15.4 Å². The molecule has 9 nitrogen and oxygen atoms in total. The number of methoxy groups -OCH3 is 1. The maximum Gasteiger partial charge on any atom is 0.293 e. The predicted octanol–water partition coefficient (Wildman–Crippen LogP) is 2.36. The highest BCUT2D eigenvalue weighted by molar-refractivity contribution is 6.00. The van der Waals surface area contributed by atoms with Crippen LogP contribution in [-0.4, -0.2) is 49.4 Å². The maximum atomic E-state index is 12.5. The zero-order valence-electron chi connectivity index (χ0n) is 15.2. The Labute approximate surface area is 156 Å². The van der Waals surface area contributed by atoms with Gasteiger partial charge in [0.1, 0.15) is 11.4 Å². The maximum absolute atomic E-state index is 12.5. The molecule has 0 saturated carbocycles. The normalized spacial score (nSPS) is 10.0. The number of amides is 2. The quantitative estimate of drug-likeness (QED) is 0.570. The molecule has 0 bridgehead atoms. The van der Waals surface area contributed by atoms with E-state index >= 15 is 0 Å². The number of nitro benzene ring substituents is 1. The molecular formula is C18H20N4O5. The Bertz CT molecular complexity index is 869. The molecule has 0 aliphatic carbocycles. The first-order valence-electron chi connectivity index (χ1n) is 8.01. The van der Waals surface area contributed by atoms with Gasteiger partial charge in [0.15, 0.2) is 0 Å². The fraction of sp³-hybridized carbons (Fsp3) is 0.222. The van der Waals surface area contributed by atoms with Gasteiger partial charge in [-0.1, -0.05) is 6.07 Å². The summed E-state index contributed by atoms with van der Waals surface area (Å²) in [5, 5.41) is 16.5. The summed E-state index contributed by atoms with van der Waals surface area (Å²) in [7, 11) is 4.52. The molecule has 2 aromatic carbocycles. The van der Waals surface area contributed by atoms with Gasteiger partial charge in [-0.3, -0.25) is 19.7 Å². The van der Waals surface area contributed by atoms with Gasteiger partial charge in [0.2, 0.25) is 5.91 Å². The molecule has 0 aliphatic rings. The number of carbonyl (C=O) groups is 2. The molecule has 0 atom stereocenters. The van der Waals surface area contributed by atoms with Gasteiger partial charge in [0, 0.05) is 37.5 Å². The molecule has 2 N–H and O–H groups in total. The van der Waals surface area contributed by atoms with Crippen LogP contribution in [0.5, 0.6) is 5.75 Å². The van der Waals surface area contributed by atoms with Crippen LogP contribution in [0.4, 0.5) is 17.1 Å². The lowest BCUT2D eigenvalue weighted by Gasteiger charge is -2.17. The van der Waals surface area contributed by atoms with Gasteiger partial charge in [0.05, 0.1) is 18.6 Å². The van der Waals surface area contributed by atoms with E-state index in [1.165, 1.54) is 37.3 Å². The van der Waals surface area contributed by atoms with Crippen molar-refractivity contribution < 1.29 is 19.2 Å². The van der Waals surface area contributed by atoms with Crippen LogP contribution in [0.3, 0.4) is 0 Å². The average Bonchev–Trinajstić information content (AvgIpc) is 2.66. The minimum Gasteiger partial charge on any atom is -0.497 e. The summed E-state index contributed by atoms with van der Waals surface area (Å²) in [6.45, 7) is -0.211. The number of rotatable bonds is 7. The fourth-order valence-electron chi connectivity index (χ4n) is 2.44. The number of carbonyl (C=O) groups excluding carboxylic acids is 2. The first-order chi connectivity index (χ1) is 12.8. The SMILES string of the molecule is CNc1ccc(C(=O)N(C)CC(=O)Nc2cccc(OC)c2)cc1[N+](=O)[O-]. The van der Waals surface area contributed by atoms with Crippen molar-refractivity contribution in [2.45, 2.75) is 0 Å². The fourth-order valence-corrected chi connectivity index (χ4v) is 2.44. The van der Waals surface area contributed by atoms with Crippen LogP contribution in [0.2, 0.25) is 0 Å². The Morgan fingerprint density at radius 1 is 1.22 bits per heavy atom. The molecule has 9 heteroatoms. The summed E-state index contributed by atoms with van der Waals surface area (Å²) in [5.41, 5.74) is 0.749. The minimum atomic E-state index is -0.571. The summed E-state index contributed by atoms with van der Waals surface area (Å²) in [6.07, 6.45) is 0. The summed E-state index contributed by atoms with van der Waals surface area (Å²) >= 11 is 0. The number of anilines is 2. The second-order valence-corrected chi connectivity index (χ2v) is 5.68. The van der Waals surface area contributed by atoms with E-state index in [2.05, 4.69) is 10.6 Å². The molecule has 2 aromatic rings. The lowest BCUT2D eigenvalue weighted by atomic mass is 10.1. The zero-order valence-corrected chi connectivity index (χ0v) is 15.2. The van der Waals surface area contributed by atoms with Gasteiger partial charge < -0.3 is 20.3 Å². The van der Waals surface area contributed by atoms with Gasteiger partial charge in [-0.15, -0.1) is 0 Å². The number of benzene rings is 2. The van der Waals surface area contributed by atoms with Crippen molar-refractivity contribution in [3.05, 3.63) is 58.1 Å². The van der Waals surface area contributed by atoms with Crippen LogP contribution >= 0.6 is 0 Å². The molecule has 0 unspecified atom stereocenters. The van der Waals surface area contributed by atoms with Crippen LogP contribution in [0.25, 0.3) is 0 Å². The number of nitrogens with one attached hydrogen (secondary N) is 2. The molecule has 0 spiro atoms. The first kappa shape index (κ1) is 19.7. The Morgan fingerprint density at radius 3 is 2.59 bits per heavy atom. The van der Waals surface area contributed by atoms with E-state index in [9.17, 15) is 19.7 Å². The number of nitrogens with zero attached hydrogens (tertiary/aromatic N) is 2. The van der Waals surface area contributed by atoms with Crippen molar-refractivity contribution in [3.8, 4) is 5.75 Å². The van der Waals surface area contributed by atoms with Crippen LogP contribution in [0.1, 0.15) is 10.4 Å². The lowest BCUT2D eigenvalue weighted by Crippen LogP contribution is -2.35. The van der Waals surface area contributed by atoms with Crippen molar-refractivity contribution in [1.29, 1.82) is 0 Å². The van der Waals surface area contributed by atoms with Crippen LogP contribution in [0, 0.1) is 10.1 Å². The first-order valence-corrected chi connectivity index (χ1v) is 8.01. The third-order valence-corrected chi connectivity index (χ3v) is 3.79. The highest BCUT2D eigenvalue weighted by Gasteiger charge is 2.20. The molecule has 27 heavy (non-hydrogen) atoms. The molecule has 0 saturated heterocycles. The largest absolute Gasteiger partial charge is 0.497 e. The van der Waals surface area contributed by atoms with Crippen molar-refractivity contribution in [1.82, 2.24) is 4.90 Å². The average molecular weight is 372 g/mol. The zero-order chi connectivity index (χ0) is 20.0. The Hall–Kier alpha value is -3.62. The number of ether oxygens (including phenoxy) is 1. The van der Waals surface area contributed by atoms with E-state index in [0.717, 1.165) is 0 Å². The number of likely N-dealkylation sites (N-methyl/N-ethyl adjacent to an activating group) is 1. The molecule has 0 aromatic heterocycles. The highest BCUT2D eigenvalue weighted by Crippen LogP contribution is 2.25. The molecule has 0 fully saturated rings. The van der Waals surface area contributed by atoms with Crippen molar-refractivity contribution in [3.63, 3.8) is 0 Å². The predicted molar refractivity (Wildman–Crippen MR) is 101 cm³/mol. The van der Waals surface area contributed by atoms with Crippen molar-refractivity contribution >= 4 is 28.9 Å². The van der Waals surface area contributed by atoms with Gasteiger partial charge in [0.25, 0.3) is 11.6 Å². The summed E-state index contributed by atoms with van der Waals surface area (Å²) < 4.78 is 5.09. The smallest absolute Gasteiger partial charge is 0.293 e. The highest BCUT2D eigenvalue weighted by atomic mass is 16.6. The molecule has 2 rings (SSSR count). The van der Waals surface area contributed by atoms with Crippen molar-refractivity contribution in [2.75, 3.05) is 38.4 Å². The molecule has 142 valence electrons. The Morgan fingerprint density at radius 2 is 1.96 bits per heavy atom. The Kier molecular flexibility index (Phi) is 6.32. The molecule has 0 aliphatic heterocycles. The molecular weight excluding hydrogens is 352 g/mol. The van der Waals surface area contributed by atoms with Crippen LogP contribution in [-0.2, 0) is 4.79 Å². The minimum absolute atomic E-state index is 0.123. The molecule has 0 heterocycles. The van der Waals surface area contributed by atoms with E-state index in [4.69, 9.17) is 4.74 Å². The van der Waals surface area contributed by atoms with E-state index in [1.54, 1.807) is 31.3 Å². The standard InChI is InChI=1S/C18H20N4O5/c1-19-15-8-7-12(9-16(15)22(25)26)18(24)21(2)11-17(23)20-13-5-4-6-14(10-13)27-3/h4-10,19H,11H2,1-3H3,(H,20,23). The summed E-state index contributed by atoms with van der Waals surface area (Å²) in [6, 6.07) is 10.9. The van der Waals surface area contributed by atoms with Gasteiger partial charge >= 0.3 is 0 Å². The summed E-state index contributed by atoms with van der Waals surface area (Å²) in [5.74, 6) is -0.309. The van der Waals surface area contributed by atoms with E-state index in [-0.39, 0.29) is 17.8 Å². The van der Waals surface area contributed by atoms with Gasteiger partial charge in [-0.05, 0) is 24.3 Å². The number of nitro groups is 1. The van der Waals surface area contributed by atoms with E-state index in [1.807, 2.05) is 0 Å². The monoisotopic (exact) mass is 372 g/mol. The van der Waals surface area contributed by atoms with Crippen molar-refractivity contribution in [2.24, 2.45) is 0 Å². The molecule has 2 amide bonds. The van der Waals surface area contributed by atoms with E-state index in [0.29, 0.717) is 17.1 Å². The van der Waals surface area contributed by atoms with Gasteiger partial charge in [-0.25, -0.2) is 0 Å². The van der Waals surface area contributed by atoms with Gasteiger partial charge in [-0.2, -0.15) is 0 Å². The number of hydrogen-bond acceptors (Lipinski definition) is 6. The summed E-state index contributed by atoms with van der Waals surface area (Å²) in [4.78, 5) is 36.4. The Balaban J connectivity index is 2.07. The third-order valence-electron chi connectivity index (χ3n) is 3.79. The van der Waals surface area contributed by atoms with E-state index < -0.39 is 16.7 Å². The lowest BCUT2D eigenvalue weighted by molar-refractivity contribution is -0.384. The van der Waals surface area contributed by atoms with Crippen LogP contribution in [0.15, 0.2) is 42.5 Å². The second-order valence-electron chi connectivity index (χ2n) is 5.68. The second kappa shape index (κ2) is 8.65. The molecule has 0 radical (unpaired) electrons. The third kappa shape index (κ3) is 4.94.